The van der Waals surface area contributed by atoms with Gasteiger partial charge in [0, 0.05) is 16.1 Å². The van der Waals surface area contributed by atoms with Crippen LogP contribution >= 0.6 is 23.4 Å². The van der Waals surface area contributed by atoms with E-state index in [0.29, 0.717) is 28.3 Å². The van der Waals surface area contributed by atoms with Crippen molar-refractivity contribution in [3.8, 4) is 22.7 Å². The second-order valence-electron chi connectivity index (χ2n) is 6.67. The summed E-state index contributed by atoms with van der Waals surface area (Å²) >= 11 is 7.19. The number of aryl methyl sites for hydroxylation is 1. The molecular weight excluding hydrogens is 420 g/mol. The van der Waals surface area contributed by atoms with Gasteiger partial charge in [-0.2, -0.15) is 0 Å². The summed E-state index contributed by atoms with van der Waals surface area (Å²) in [4.78, 5) is 16.6. The summed E-state index contributed by atoms with van der Waals surface area (Å²) < 4.78 is 5.79. The molecule has 0 aliphatic heterocycles. The number of hydrogen-bond acceptors (Lipinski definition) is 5. The fraction of sp³-hybridized carbons (Fsp3) is 0.136. The third-order valence-electron chi connectivity index (χ3n) is 4.37. The van der Waals surface area contributed by atoms with Crippen molar-refractivity contribution in [2.45, 2.75) is 18.6 Å². The molecule has 2 aromatic heterocycles. The van der Waals surface area contributed by atoms with Crippen LogP contribution in [0.4, 0.5) is 0 Å². The molecule has 0 spiro atoms. The van der Waals surface area contributed by atoms with Crippen molar-refractivity contribution >= 4 is 29.3 Å². The van der Waals surface area contributed by atoms with Gasteiger partial charge in [-0.3, -0.25) is 9.89 Å². The van der Waals surface area contributed by atoms with Crippen molar-refractivity contribution in [1.29, 1.82) is 0 Å². The Morgan fingerprint density at radius 1 is 1.07 bits per heavy atom. The van der Waals surface area contributed by atoms with E-state index in [9.17, 15) is 4.79 Å². The lowest BCUT2D eigenvalue weighted by Gasteiger charge is -2.02. The van der Waals surface area contributed by atoms with Crippen molar-refractivity contribution in [2.24, 2.45) is 0 Å². The molecule has 0 saturated carbocycles. The van der Waals surface area contributed by atoms with Crippen LogP contribution in [0.25, 0.3) is 22.7 Å². The normalized spacial score (nSPS) is 10.9. The first kappa shape index (κ1) is 20.3. The third-order valence-corrected chi connectivity index (χ3v) is 5.47. The average molecular weight is 439 g/mol. The first-order valence-corrected chi connectivity index (χ1v) is 10.7. The Morgan fingerprint density at radius 3 is 2.57 bits per heavy atom. The van der Waals surface area contributed by atoms with Crippen LogP contribution in [-0.4, -0.2) is 26.8 Å². The minimum atomic E-state index is -0.119. The summed E-state index contributed by atoms with van der Waals surface area (Å²) in [5, 5.41) is 11.1. The molecule has 0 aliphatic rings. The van der Waals surface area contributed by atoms with Gasteiger partial charge in [0.25, 0.3) is 0 Å². The molecule has 2 aromatic carbocycles. The SMILES string of the molecule is Cc1ccc(-c2nc(SCC(=O)NCc3ccc(-c4ccc(Cl)cc4)o3)n[nH]2)cc1. The van der Waals surface area contributed by atoms with Gasteiger partial charge in [-0.15, -0.1) is 5.10 Å². The molecule has 30 heavy (non-hydrogen) atoms. The van der Waals surface area contributed by atoms with Gasteiger partial charge in [0.15, 0.2) is 5.82 Å². The van der Waals surface area contributed by atoms with Gasteiger partial charge in [0.05, 0.1) is 12.3 Å². The van der Waals surface area contributed by atoms with E-state index < -0.39 is 0 Å². The van der Waals surface area contributed by atoms with Crippen LogP contribution in [0.1, 0.15) is 11.3 Å². The van der Waals surface area contributed by atoms with Crippen LogP contribution in [0.15, 0.2) is 70.2 Å². The van der Waals surface area contributed by atoms with E-state index in [-0.39, 0.29) is 11.7 Å². The number of halogens is 1. The zero-order valence-electron chi connectivity index (χ0n) is 16.2. The predicted molar refractivity (Wildman–Crippen MR) is 118 cm³/mol. The van der Waals surface area contributed by atoms with E-state index in [1.807, 2.05) is 67.6 Å². The van der Waals surface area contributed by atoms with Crippen molar-refractivity contribution < 1.29 is 9.21 Å². The zero-order valence-corrected chi connectivity index (χ0v) is 17.8. The molecule has 0 saturated heterocycles. The minimum Gasteiger partial charge on any atom is -0.459 e. The Labute approximate surface area is 183 Å². The lowest BCUT2D eigenvalue weighted by molar-refractivity contribution is -0.118. The summed E-state index contributed by atoms with van der Waals surface area (Å²) in [7, 11) is 0. The Morgan fingerprint density at radius 2 is 1.80 bits per heavy atom. The van der Waals surface area contributed by atoms with Gasteiger partial charge in [0.2, 0.25) is 11.1 Å². The fourth-order valence-electron chi connectivity index (χ4n) is 2.76. The number of nitrogens with zero attached hydrogens (tertiary/aromatic N) is 2. The van der Waals surface area contributed by atoms with Crippen molar-refractivity contribution in [3.05, 3.63) is 77.0 Å². The number of thioether (sulfide) groups is 1. The quantitative estimate of drug-likeness (QED) is 0.392. The van der Waals surface area contributed by atoms with E-state index >= 15 is 0 Å². The average Bonchev–Trinajstić information content (AvgIpc) is 3.42. The maximum Gasteiger partial charge on any atom is 0.230 e. The van der Waals surface area contributed by atoms with Crippen LogP contribution in [-0.2, 0) is 11.3 Å². The van der Waals surface area contributed by atoms with Crippen LogP contribution in [0.2, 0.25) is 5.02 Å². The largest absolute Gasteiger partial charge is 0.459 e. The van der Waals surface area contributed by atoms with Gasteiger partial charge < -0.3 is 9.73 Å². The predicted octanol–water partition coefficient (Wildman–Crippen LogP) is 5.10. The van der Waals surface area contributed by atoms with Gasteiger partial charge in [0.1, 0.15) is 11.5 Å². The number of H-pyrrole nitrogens is 1. The maximum absolute atomic E-state index is 12.2. The molecular formula is C22H19ClN4O2S. The molecule has 0 aliphatic carbocycles. The fourth-order valence-corrected chi connectivity index (χ4v) is 3.51. The van der Waals surface area contributed by atoms with E-state index in [1.54, 1.807) is 0 Å². The number of aromatic amines is 1. The Hall–Kier alpha value is -3.03. The monoisotopic (exact) mass is 438 g/mol. The van der Waals surface area contributed by atoms with Crippen LogP contribution in [0.5, 0.6) is 0 Å². The van der Waals surface area contributed by atoms with E-state index in [2.05, 4.69) is 20.5 Å². The Kier molecular flexibility index (Phi) is 6.21. The molecule has 2 N–H and O–H groups in total. The van der Waals surface area contributed by atoms with Gasteiger partial charge in [-0.25, -0.2) is 4.98 Å². The summed E-state index contributed by atoms with van der Waals surface area (Å²) in [6.07, 6.45) is 0. The summed E-state index contributed by atoms with van der Waals surface area (Å²) in [5.41, 5.74) is 3.07. The van der Waals surface area contributed by atoms with E-state index in [0.717, 1.165) is 16.9 Å². The summed E-state index contributed by atoms with van der Waals surface area (Å²) in [6.45, 7) is 2.35. The number of carbonyl (C=O) groups is 1. The van der Waals surface area contributed by atoms with Crippen molar-refractivity contribution in [1.82, 2.24) is 20.5 Å². The number of benzene rings is 2. The molecule has 4 rings (SSSR count). The summed E-state index contributed by atoms with van der Waals surface area (Å²) in [5.74, 6) is 2.19. The highest BCUT2D eigenvalue weighted by molar-refractivity contribution is 7.99. The second kappa shape index (κ2) is 9.19. The second-order valence-corrected chi connectivity index (χ2v) is 8.05. The van der Waals surface area contributed by atoms with Crippen LogP contribution in [0, 0.1) is 6.92 Å². The number of hydrogen-bond donors (Lipinski definition) is 2. The third kappa shape index (κ3) is 5.11. The number of carbonyl (C=O) groups excluding carboxylic acids is 1. The molecule has 8 heteroatoms. The van der Waals surface area contributed by atoms with Crippen LogP contribution in [0.3, 0.4) is 0 Å². The first-order chi connectivity index (χ1) is 14.6. The standard InChI is InChI=1S/C22H19ClN4O2S/c1-14-2-4-16(5-3-14)21-25-22(27-26-21)30-13-20(28)24-12-18-10-11-19(29-18)15-6-8-17(23)9-7-15/h2-11H,12-13H2,1H3,(H,24,28)(H,25,26,27). The molecule has 4 aromatic rings. The number of aromatic nitrogens is 3. The molecule has 0 atom stereocenters. The van der Waals surface area contributed by atoms with Crippen molar-refractivity contribution in [3.63, 3.8) is 0 Å². The molecule has 0 unspecified atom stereocenters. The topological polar surface area (TPSA) is 83.8 Å². The molecule has 152 valence electrons. The molecule has 0 radical (unpaired) electrons. The van der Waals surface area contributed by atoms with E-state index in [1.165, 1.54) is 17.3 Å². The molecule has 6 nitrogen and oxygen atoms in total. The maximum atomic E-state index is 12.2. The van der Waals surface area contributed by atoms with Crippen molar-refractivity contribution in [2.75, 3.05) is 5.75 Å². The molecule has 0 fully saturated rings. The molecule has 2 heterocycles. The molecule has 0 bridgehead atoms. The highest BCUT2D eigenvalue weighted by Crippen LogP contribution is 2.24. The zero-order chi connectivity index (χ0) is 20.9. The Balaban J connectivity index is 1.27. The number of nitrogens with one attached hydrogen (secondary N) is 2. The van der Waals surface area contributed by atoms with Gasteiger partial charge in [-0.1, -0.05) is 53.2 Å². The summed E-state index contributed by atoms with van der Waals surface area (Å²) in [6, 6.07) is 19.1. The smallest absolute Gasteiger partial charge is 0.230 e. The van der Waals surface area contributed by atoms with Gasteiger partial charge >= 0.3 is 0 Å². The number of furan rings is 1. The molecule has 1 amide bonds. The van der Waals surface area contributed by atoms with Crippen LogP contribution < -0.4 is 5.32 Å². The Bertz CT molecular complexity index is 1050. The minimum absolute atomic E-state index is 0.119. The highest BCUT2D eigenvalue weighted by atomic mass is 35.5. The number of rotatable bonds is 7. The first-order valence-electron chi connectivity index (χ1n) is 9.30. The van der Waals surface area contributed by atoms with Gasteiger partial charge in [-0.05, 0) is 43.3 Å². The number of amides is 1. The highest BCUT2D eigenvalue weighted by Gasteiger charge is 2.10. The van der Waals surface area contributed by atoms with E-state index in [4.69, 9.17) is 16.0 Å². The lowest BCUT2D eigenvalue weighted by Crippen LogP contribution is -2.24. The lowest BCUT2D eigenvalue weighted by atomic mass is 10.1.